The lowest BCUT2D eigenvalue weighted by molar-refractivity contribution is -0.149. The number of nitrogens with zero attached hydrogens (tertiary/aromatic N) is 6. The molecule has 4 heterocycles. The fourth-order valence-electron chi connectivity index (χ4n) is 5.01. The summed E-state index contributed by atoms with van der Waals surface area (Å²) in [5.74, 6) is -1.19. The Balaban J connectivity index is 1.29. The zero-order chi connectivity index (χ0) is 28.4. The number of hydrogen-bond acceptors (Lipinski definition) is 9. The highest BCUT2D eigenvalue weighted by molar-refractivity contribution is 7.14. The molecule has 3 aliphatic rings. The molecule has 0 unspecified atom stereocenters. The van der Waals surface area contributed by atoms with Crippen molar-refractivity contribution in [2.24, 2.45) is 5.92 Å². The molecule has 0 N–H and O–H groups in total. The van der Waals surface area contributed by atoms with E-state index < -0.39 is 18.0 Å². The molecule has 0 radical (unpaired) electrons. The summed E-state index contributed by atoms with van der Waals surface area (Å²) < 4.78 is 52.2. The van der Waals surface area contributed by atoms with E-state index in [0.717, 1.165) is 46.5 Å². The number of alkyl halides is 3. The normalized spacial score (nSPS) is 16.8. The van der Waals surface area contributed by atoms with Gasteiger partial charge in [-0.3, -0.25) is 9.59 Å². The van der Waals surface area contributed by atoms with Crippen molar-refractivity contribution in [2.75, 3.05) is 39.4 Å². The minimum Gasteiger partial charge on any atom is -0.482 e. The number of halogens is 3. The van der Waals surface area contributed by atoms with Crippen molar-refractivity contribution >= 4 is 28.9 Å². The number of rotatable bonds is 11. The highest BCUT2D eigenvalue weighted by Gasteiger charge is 2.40. The van der Waals surface area contributed by atoms with E-state index in [0.29, 0.717) is 18.2 Å². The molecule has 1 fully saturated rings. The first-order valence-corrected chi connectivity index (χ1v) is 14.4. The number of thiophene rings is 1. The van der Waals surface area contributed by atoms with Gasteiger partial charge >= 0.3 is 12.1 Å². The Bertz CT molecular complexity index is 1270. The second-order valence-corrected chi connectivity index (χ2v) is 11.2. The Labute approximate surface area is 234 Å². The van der Waals surface area contributed by atoms with Crippen molar-refractivity contribution in [3.8, 4) is 5.06 Å². The smallest absolute Gasteiger partial charge is 0.451 e. The Morgan fingerprint density at radius 2 is 1.98 bits per heavy atom. The molecular weight excluding hydrogens is 549 g/mol. The molecule has 1 saturated carbocycles. The molecule has 1 amide bonds. The number of esters is 1. The molecule has 2 aromatic heterocycles. The summed E-state index contributed by atoms with van der Waals surface area (Å²) in [6.07, 6.45) is 0.142. The minimum atomic E-state index is -4.54. The zero-order valence-corrected chi connectivity index (χ0v) is 23.4. The highest BCUT2D eigenvalue weighted by Crippen LogP contribution is 2.40. The lowest BCUT2D eigenvalue weighted by atomic mass is 10.1. The molecule has 14 heteroatoms. The molecule has 0 aromatic carbocycles. The summed E-state index contributed by atoms with van der Waals surface area (Å²) in [7, 11) is 0. The Hall–Kier alpha value is -3.29. The maximum Gasteiger partial charge on any atom is 0.451 e. The van der Waals surface area contributed by atoms with Crippen LogP contribution in [0.25, 0.3) is 5.70 Å². The van der Waals surface area contributed by atoms with E-state index in [4.69, 9.17) is 9.47 Å². The van der Waals surface area contributed by atoms with Crippen molar-refractivity contribution in [2.45, 2.75) is 58.9 Å². The molecular formula is C26H33F3N6O4S. The van der Waals surface area contributed by atoms with Crippen LogP contribution in [0.2, 0.25) is 0 Å². The number of carbonyl (C=O) groups excluding carboxylic acids is 2. The molecule has 0 spiro atoms. The highest BCUT2D eigenvalue weighted by atomic mass is 32.1. The number of hydrogen-bond donors (Lipinski definition) is 0. The van der Waals surface area contributed by atoms with Crippen LogP contribution < -0.4 is 4.74 Å². The molecule has 0 bridgehead atoms. The summed E-state index contributed by atoms with van der Waals surface area (Å²) in [4.78, 5) is 31.6. The third-order valence-electron chi connectivity index (χ3n) is 7.04. The van der Waals surface area contributed by atoms with E-state index in [9.17, 15) is 22.8 Å². The lowest BCUT2D eigenvalue weighted by Gasteiger charge is -2.36. The van der Waals surface area contributed by atoms with Crippen LogP contribution in [-0.2, 0) is 40.1 Å². The van der Waals surface area contributed by atoms with E-state index in [2.05, 4.69) is 28.2 Å². The van der Waals surface area contributed by atoms with E-state index in [1.54, 1.807) is 6.92 Å². The molecule has 2 aliphatic heterocycles. The molecule has 2 aromatic rings. The topological polar surface area (TPSA) is 93.0 Å². The van der Waals surface area contributed by atoms with Gasteiger partial charge in [-0.25, -0.2) is 0 Å². The van der Waals surface area contributed by atoms with Crippen LogP contribution in [0, 0.1) is 5.92 Å². The third kappa shape index (κ3) is 6.21. The fraction of sp³-hybridized carbons (Fsp3) is 0.615. The molecule has 40 heavy (non-hydrogen) atoms. The van der Waals surface area contributed by atoms with Crippen LogP contribution in [0.3, 0.4) is 0 Å². The summed E-state index contributed by atoms with van der Waals surface area (Å²) >= 11 is 1.52. The van der Waals surface area contributed by atoms with Gasteiger partial charge in [-0.1, -0.05) is 6.92 Å². The monoisotopic (exact) mass is 582 g/mol. The second-order valence-electron chi connectivity index (χ2n) is 10.1. The van der Waals surface area contributed by atoms with Crippen LogP contribution in [0.5, 0.6) is 5.06 Å². The molecule has 218 valence electrons. The van der Waals surface area contributed by atoms with Crippen LogP contribution in [-0.4, -0.2) is 80.7 Å². The van der Waals surface area contributed by atoms with Crippen LogP contribution in [0.4, 0.5) is 13.2 Å². The summed E-state index contributed by atoms with van der Waals surface area (Å²) in [6.45, 7) is 6.76. The maximum absolute atomic E-state index is 13.3. The van der Waals surface area contributed by atoms with Crippen LogP contribution in [0.1, 0.15) is 55.2 Å². The van der Waals surface area contributed by atoms with Crippen molar-refractivity contribution in [3.05, 3.63) is 34.4 Å². The zero-order valence-electron chi connectivity index (χ0n) is 22.6. The van der Waals surface area contributed by atoms with Gasteiger partial charge in [-0.05, 0) is 26.2 Å². The first-order chi connectivity index (χ1) is 19.2. The van der Waals surface area contributed by atoms with Crippen LogP contribution >= 0.6 is 11.3 Å². The van der Waals surface area contributed by atoms with E-state index in [1.165, 1.54) is 16.2 Å². The molecule has 0 atom stereocenters. The fourth-order valence-corrected chi connectivity index (χ4v) is 6.08. The van der Waals surface area contributed by atoms with Gasteiger partial charge in [-0.2, -0.15) is 13.2 Å². The molecule has 5 rings (SSSR count). The predicted molar refractivity (Wildman–Crippen MR) is 140 cm³/mol. The average molecular weight is 583 g/mol. The largest absolute Gasteiger partial charge is 0.482 e. The Morgan fingerprint density at radius 1 is 1.18 bits per heavy atom. The average Bonchev–Trinajstić information content (AvgIpc) is 3.53. The van der Waals surface area contributed by atoms with E-state index >= 15 is 0 Å². The van der Waals surface area contributed by atoms with Gasteiger partial charge in [-0.15, -0.1) is 21.5 Å². The van der Waals surface area contributed by atoms with E-state index in [-0.39, 0.29) is 57.0 Å². The number of fused-ring (bicyclic) bond motifs is 2. The summed E-state index contributed by atoms with van der Waals surface area (Å²) in [5.41, 5.74) is 1.89. The van der Waals surface area contributed by atoms with Crippen molar-refractivity contribution in [1.29, 1.82) is 0 Å². The first kappa shape index (κ1) is 28.2. The number of carbonyl (C=O) groups is 2. The maximum atomic E-state index is 13.3. The Morgan fingerprint density at radius 3 is 2.67 bits per heavy atom. The summed E-state index contributed by atoms with van der Waals surface area (Å²) in [6, 6.07) is 1.95. The van der Waals surface area contributed by atoms with Crippen LogP contribution in [0.15, 0.2) is 12.3 Å². The van der Waals surface area contributed by atoms with Gasteiger partial charge in [0, 0.05) is 48.3 Å². The number of ether oxygens (including phenoxy) is 2. The molecule has 0 saturated heterocycles. The third-order valence-corrected chi connectivity index (χ3v) is 8.07. The number of amides is 1. The quantitative estimate of drug-likeness (QED) is 0.372. The Kier molecular flexibility index (Phi) is 8.24. The van der Waals surface area contributed by atoms with Crippen molar-refractivity contribution in [3.63, 3.8) is 0 Å². The molecule has 1 aliphatic carbocycles. The van der Waals surface area contributed by atoms with Gasteiger partial charge < -0.3 is 28.7 Å². The van der Waals surface area contributed by atoms with Gasteiger partial charge in [0.2, 0.25) is 11.7 Å². The molecule has 10 nitrogen and oxygen atoms in total. The second kappa shape index (κ2) is 11.7. The van der Waals surface area contributed by atoms with Crippen molar-refractivity contribution in [1.82, 2.24) is 29.5 Å². The van der Waals surface area contributed by atoms with E-state index in [1.807, 2.05) is 11.0 Å². The SMILES string of the molecule is CCCN1C=C(N2CCn3c(nnc3C(F)(F)F)C2)c2cc(OCCN(CC(=O)OCC)C(=O)C3CC3)sc2C1. The number of aromatic nitrogens is 3. The van der Waals surface area contributed by atoms with Gasteiger partial charge in [0.15, 0.2) is 10.9 Å². The standard InChI is InChI=1S/C26H33F3N6O4S/c1-3-7-32-13-19(33-8-9-35-21(15-33)30-31-25(35)26(27,28)29)18-12-23(40-20(18)14-32)39-11-10-34(16-22(36)38-4-2)24(37)17-5-6-17/h12-13,17H,3-11,14-16H2,1-2H3. The summed E-state index contributed by atoms with van der Waals surface area (Å²) in [5, 5.41) is 7.91. The van der Waals surface area contributed by atoms with Crippen molar-refractivity contribution < 1.29 is 32.2 Å². The van der Waals surface area contributed by atoms with Gasteiger partial charge in [0.05, 0.1) is 31.9 Å². The predicted octanol–water partition coefficient (Wildman–Crippen LogP) is 3.58. The first-order valence-electron chi connectivity index (χ1n) is 13.6. The lowest BCUT2D eigenvalue weighted by Crippen LogP contribution is -2.40. The van der Waals surface area contributed by atoms with Gasteiger partial charge in [0.1, 0.15) is 13.2 Å². The van der Waals surface area contributed by atoms with Gasteiger partial charge in [0.25, 0.3) is 0 Å². The minimum absolute atomic E-state index is 0.0247.